The highest BCUT2D eigenvalue weighted by atomic mass is 16.4. The second kappa shape index (κ2) is 4.59. The molecule has 1 aromatic carbocycles. The molecule has 1 aliphatic rings. The number of carboxylic acids is 1. The maximum Gasteiger partial charge on any atom is 0.339 e. The predicted octanol–water partition coefficient (Wildman–Crippen LogP) is 2.30. The molecule has 1 aliphatic heterocycles. The van der Waals surface area contributed by atoms with Gasteiger partial charge in [0.15, 0.2) is 0 Å². The Morgan fingerprint density at radius 2 is 2.05 bits per heavy atom. The Labute approximate surface area is 109 Å². The maximum atomic E-state index is 11.5. The molecule has 3 rings (SSSR count). The summed E-state index contributed by atoms with van der Waals surface area (Å²) in [4.78, 5) is 11.5. The number of aromatic hydroxyl groups is 1. The number of aromatic carboxylic acids is 1. The van der Waals surface area contributed by atoms with Gasteiger partial charge >= 0.3 is 5.97 Å². The van der Waals surface area contributed by atoms with Crippen LogP contribution in [0.25, 0.3) is 11.0 Å². The monoisotopic (exact) mass is 261 g/mol. The summed E-state index contributed by atoms with van der Waals surface area (Å²) in [5.74, 6) is -0.290. The second-order valence-electron chi connectivity index (χ2n) is 4.85. The number of hydrogen-bond donors (Lipinski definition) is 3. The first-order valence-corrected chi connectivity index (χ1v) is 6.36. The number of fused-ring (bicyclic) bond motifs is 1. The van der Waals surface area contributed by atoms with Gasteiger partial charge in [-0.15, -0.1) is 0 Å². The minimum absolute atomic E-state index is 0.0488. The van der Waals surface area contributed by atoms with Crippen LogP contribution in [0.3, 0.4) is 0 Å². The third kappa shape index (κ3) is 2.06. The Hall–Kier alpha value is -2.01. The predicted molar refractivity (Wildman–Crippen MR) is 69.7 cm³/mol. The van der Waals surface area contributed by atoms with Crippen LogP contribution in [0.4, 0.5) is 0 Å². The maximum absolute atomic E-state index is 11.5. The summed E-state index contributed by atoms with van der Waals surface area (Å²) in [5.41, 5.74) is 0.710. The van der Waals surface area contributed by atoms with Crippen molar-refractivity contribution in [3.05, 3.63) is 29.5 Å². The zero-order valence-electron chi connectivity index (χ0n) is 10.3. The first kappa shape index (κ1) is 12.0. The van der Waals surface area contributed by atoms with Crippen LogP contribution in [0.5, 0.6) is 5.75 Å². The summed E-state index contributed by atoms with van der Waals surface area (Å²) in [7, 11) is 0. The molecule has 0 atom stereocenters. The number of nitrogens with one attached hydrogen (secondary N) is 1. The molecular weight excluding hydrogens is 246 g/mol. The van der Waals surface area contributed by atoms with E-state index in [0.717, 1.165) is 25.9 Å². The number of benzene rings is 1. The Bertz CT molecular complexity index is 626. The topological polar surface area (TPSA) is 82.7 Å². The van der Waals surface area contributed by atoms with Crippen molar-refractivity contribution >= 4 is 16.9 Å². The molecule has 0 unspecified atom stereocenters. The molecule has 2 aromatic rings. The fourth-order valence-corrected chi connectivity index (χ4v) is 2.70. The molecule has 100 valence electrons. The van der Waals surface area contributed by atoms with E-state index in [0.29, 0.717) is 16.7 Å². The van der Waals surface area contributed by atoms with Crippen molar-refractivity contribution in [3.8, 4) is 5.75 Å². The minimum Gasteiger partial charge on any atom is -0.508 e. The number of furan rings is 1. The molecule has 0 radical (unpaired) electrons. The van der Waals surface area contributed by atoms with Gasteiger partial charge in [-0.2, -0.15) is 0 Å². The largest absolute Gasteiger partial charge is 0.508 e. The summed E-state index contributed by atoms with van der Waals surface area (Å²) in [5, 5.41) is 22.6. The Morgan fingerprint density at radius 1 is 1.32 bits per heavy atom. The molecule has 5 heteroatoms. The van der Waals surface area contributed by atoms with Gasteiger partial charge in [0.25, 0.3) is 0 Å². The quantitative estimate of drug-likeness (QED) is 0.772. The van der Waals surface area contributed by atoms with Crippen LogP contribution in [0.1, 0.15) is 34.9 Å². The molecule has 0 spiro atoms. The lowest BCUT2D eigenvalue weighted by atomic mass is 9.92. The van der Waals surface area contributed by atoms with Crippen LogP contribution >= 0.6 is 0 Å². The molecule has 0 aliphatic carbocycles. The van der Waals surface area contributed by atoms with E-state index in [9.17, 15) is 15.0 Å². The van der Waals surface area contributed by atoms with Crippen molar-refractivity contribution in [1.29, 1.82) is 0 Å². The van der Waals surface area contributed by atoms with E-state index in [4.69, 9.17) is 4.42 Å². The number of rotatable bonds is 2. The average molecular weight is 261 g/mol. The molecule has 0 saturated carbocycles. The van der Waals surface area contributed by atoms with Crippen LogP contribution < -0.4 is 5.32 Å². The van der Waals surface area contributed by atoms with Gasteiger partial charge < -0.3 is 19.9 Å². The Morgan fingerprint density at radius 3 is 2.74 bits per heavy atom. The summed E-state index contributed by atoms with van der Waals surface area (Å²) in [6, 6.07) is 4.57. The SMILES string of the molecule is O=C(O)c1c(C2CCNCC2)oc2ccc(O)cc12. The zero-order valence-corrected chi connectivity index (χ0v) is 10.3. The van der Waals surface area contributed by atoms with Crippen molar-refractivity contribution in [2.24, 2.45) is 0 Å². The Kier molecular flexibility index (Phi) is 2.91. The van der Waals surface area contributed by atoms with E-state index in [-0.39, 0.29) is 17.2 Å². The van der Waals surface area contributed by atoms with E-state index in [1.165, 1.54) is 12.1 Å². The van der Waals surface area contributed by atoms with E-state index in [1.54, 1.807) is 6.07 Å². The number of phenolic OH excluding ortho intramolecular Hbond substituents is 1. The molecule has 2 heterocycles. The van der Waals surface area contributed by atoms with Crippen molar-refractivity contribution in [2.75, 3.05) is 13.1 Å². The lowest BCUT2D eigenvalue weighted by Crippen LogP contribution is -2.27. The van der Waals surface area contributed by atoms with Gasteiger partial charge in [0.2, 0.25) is 0 Å². The third-order valence-corrected chi connectivity index (χ3v) is 3.62. The van der Waals surface area contributed by atoms with Crippen molar-refractivity contribution in [3.63, 3.8) is 0 Å². The summed E-state index contributed by atoms with van der Waals surface area (Å²) in [6.45, 7) is 1.73. The smallest absolute Gasteiger partial charge is 0.339 e. The summed E-state index contributed by atoms with van der Waals surface area (Å²) >= 11 is 0. The Balaban J connectivity index is 2.17. The van der Waals surface area contributed by atoms with Gasteiger partial charge in [-0.3, -0.25) is 0 Å². The molecule has 1 saturated heterocycles. The second-order valence-corrected chi connectivity index (χ2v) is 4.85. The molecule has 0 bridgehead atoms. The highest BCUT2D eigenvalue weighted by molar-refractivity contribution is 6.04. The summed E-state index contributed by atoms with van der Waals surface area (Å²) in [6.07, 6.45) is 1.73. The first-order valence-electron chi connectivity index (χ1n) is 6.36. The molecular formula is C14H15NO4. The summed E-state index contributed by atoms with van der Waals surface area (Å²) < 4.78 is 5.74. The van der Waals surface area contributed by atoms with Gasteiger partial charge in [-0.25, -0.2) is 4.79 Å². The van der Waals surface area contributed by atoms with Crippen molar-refractivity contribution in [2.45, 2.75) is 18.8 Å². The molecule has 1 fully saturated rings. The van der Waals surface area contributed by atoms with Gasteiger partial charge in [0.1, 0.15) is 22.7 Å². The van der Waals surface area contributed by atoms with E-state index in [1.807, 2.05) is 0 Å². The molecule has 5 nitrogen and oxygen atoms in total. The minimum atomic E-state index is -1.00. The highest BCUT2D eigenvalue weighted by Gasteiger charge is 2.27. The lowest BCUT2D eigenvalue weighted by molar-refractivity contribution is 0.0695. The molecule has 3 N–H and O–H groups in total. The van der Waals surface area contributed by atoms with E-state index < -0.39 is 5.97 Å². The van der Waals surface area contributed by atoms with Gasteiger partial charge in [0.05, 0.1) is 0 Å². The molecule has 19 heavy (non-hydrogen) atoms. The van der Waals surface area contributed by atoms with Gasteiger partial charge in [-0.1, -0.05) is 0 Å². The highest BCUT2D eigenvalue weighted by Crippen LogP contribution is 2.36. The zero-order chi connectivity index (χ0) is 13.4. The lowest BCUT2D eigenvalue weighted by Gasteiger charge is -2.21. The van der Waals surface area contributed by atoms with Crippen molar-refractivity contribution in [1.82, 2.24) is 5.32 Å². The van der Waals surface area contributed by atoms with Crippen molar-refractivity contribution < 1.29 is 19.4 Å². The molecule has 0 amide bonds. The first-order chi connectivity index (χ1) is 9.16. The fourth-order valence-electron chi connectivity index (χ4n) is 2.70. The van der Waals surface area contributed by atoms with Crippen LogP contribution in [-0.2, 0) is 0 Å². The van der Waals surface area contributed by atoms with Crippen LogP contribution in [0, 0.1) is 0 Å². The standard InChI is InChI=1S/C14H15NO4/c16-9-1-2-11-10(7-9)12(14(17)18)13(19-11)8-3-5-15-6-4-8/h1-2,7-8,15-16H,3-6H2,(H,17,18). The van der Waals surface area contributed by atoms with E-state index in [2.05, 4.69) is 5.32 Å². The van der Waals surface area contributed by atoms with Crippen LogP contribution in [0.15, 0.2) is 22.6 Å². The van der Waals surface area contributed by atoms with Crippen LogP contribution in [-0.4, -0.2) is 29.3 Å². The normalized spacial score (nSPS) is 16.8. The van der Waals surface area contributed by atoms with Gasteiger partial charge in [0, 0.05) is 11.3 Å². The van der Waals surface area contributed by atoms with Crippen LogP contribution in [0.2, 0.25) is 0 Å². The fraction of sp³-hybridized carbons (Fsp3) is 0.357. The number of carboxylic acid groups (broad SMARTS) is 1. The number of hydrogen-bond acceptors (Lipinski definition) is 4. The molecule has 1 aromatic heterocycles. The average Bonchev–Trinajstić information content (AvgIpc) is 2.78. The number of carbonyl (C=O) groups is 1. The van der Waals surface area contributed by atoms with Gasteiger partial charge in [-0.05, 0) is 44.1 Å². The van der Waals surface area contributed by atoms with E-state index >= 15 is 0 Å². The number of phenols is 1. The third-order valence-electron chi connectivity index (χ3n) is 3.62. The number of piperidine rings is 1.